The van der Waals surface area contributed by atoms with Gasteiger partial charge in [-0.3, -0.25) is 14.4 Å². The zero-order valence-corrected chi connectivity index (χ0v) is 21.9. The molecule has 202 valence electrons. The average molecular weight is 551 g/mol. The second-order valence-corrected chi connectivity index (χ2v) is 11.1. The number of nitrogens with zero attached hydrogens (tertiary/aromatic N) is 2. The Bertz CT molecular complexity index is 1570. The van der Waals surface area contributed by atoms with E-state index in [9.17, 15) is 28.4 Å². The van der Waals surface area contributed by atoms with Crippen molar-refractivity contribution in [1.29, 1.82) is 0 Å². The van der Waals surface area contributed by atoms with Crippen molar-refractivity contribution in [3.8, 4) is 0 Å². The largest absolute Gasteiger partial charge is 0.460 e. The number of ether oxygens (including phenoxy) is 2. The molecule has 0 unspecified atom stereocenters. The summed E-state index contributed by atoms with van der Waals surface area (Å²) in [6.07, 6.45) is -0.195. The van der Waals surface area contributed by atoms with Crippen molar-refractivity contribution < 1.29 is 32.7 Å². The third-order valence-electron chi connectivity index (χ3n) is 6.98. The third kappa shape index (κ3) is 4.53. The summed E-state index contributed by atoms with van der Waals surface area (Å²) in [7, 11) is -4.31. The molecular weight excluding hydrogens is 524 g/mol. The van der Waals surface area contributed by atoms with Crippen LogP contribution >= 0.6 is 0 Å². The van der Waals surface area contributed by atoms with E-state index in [-0.39, 0.29) is 34.2 Å². The number of aryl methyl sites for hydroxylation is 1. The summed E-state index contributed by atoms with van der Waals surface area (Å²) in [5.41, 5.74) is 1.42. The first kappa shape index (κ1) is 26.4. The zero-order chi connectivity index (χ0) is 27.9. The molecule has 0 aliphatic carbocycles. The maximum absolute atomic E-state index is 14.3. The van der Waals surface area contributed by atoms with Gasteiger partial charge in [0, 0.05) is 12.0 Å². The highest BCUT2D eigenvalue weighted by atomic mass is 32.2. The molecule has 1 N–H and O–H groups in total. The van der Waals surface area contributed by atoms with Crippen LogP contribution in [0.1, 0.15) is 35.6 Å². The van der Waals surface area contributed by atoms with Gasteiger partial charge in [0.05, 0.1) is 39.6 Å². The monoisotopic (exact) mass is 550 g/mol. The Balaban J connectivity index is 1.81. The van der Waals surface area contributed by atoms with Gasteiger partial charge in [0.25, 0.3) is 15.7 Å². The molecule has 39 heavy (non-hydrogen) atoms. The Morgan fingerprint density at radius 3 is 2.36 bits per heavy atom. The van der Waals surface area contributed by atoms with Gasteiger partial charge in [-0.05, 0) is 43.7 Å². The van der Waals surface area contributed by atoms with Gasteiger partial charge in [-0.25, -0.2) is 13.2 Å². The van der Waals surface area contributed by atoms with Crippen LogP contribution in [0.3, 0.4) is 0 Å². The molecule has 0 bridgehead atoms. The van der Waals surface area contributed by atoms with Gasteiger partial charge in [-0.1, -0.05) is 54.1 Å². The second-order valence-electron chi connectivity index (χ2n) is 9.30. The van der Waals surface area contributed by atoms with Gasteiger partial charge in [0.2, 0.25) is 12.0 Å². The Morgan fingerprint density at radius 2 is 1.69 bits per heavy atom. The molecule has 0 saturated heterocycles. The van der Waals surface area contributed by atoms with E-state index in [0.717, 1.165) is 9.87 Å². The first-order valence-electron chi connectivity index (χ1n) is 12.3. The molecule has 2 aliphatic rings. The molecule has 10 nitrogen and oxygen atoms in total. The highest BCUT2D eigenvalue weighted by Gasteiger charge is 2.53. The molecule has 0 aromatic heterocycles. The van der Waals surface area contributed by atoms with Crippen molar-refractivity contribution in [3.63, 3.8) is 0 Å². The van der Waals surface area contributed by atoms with Crippen LogP contribution in [-0.2, 0) is 24.3 Å². The predicted molar refractivity (Wildman–Crippen MR) is 141 cm³/mol. The highest BCUT2D eigenvalue weighted by Crippen LogP contribution is 2.55. The van der Waals surface area contributed by atoms with Crippen LogP contribution in [-0.4, -0.2) is 37.3 Å². The van der Waals surface area contributed by atoms with E-state index < -0.39 is 45.1 Å². The Hall–Kier alpha value is -4.22. The van der Waals surface area contributed by atoms with Crippen LogP contribution in [0.4, 0.5) is 11.4 Å². The first-order chi connectivity index (χ1) is 18.6. The summed E-state index contributed by atoms with van der Waals surface area (Å²) in [4.78, 5) is 24.0. The normalized spacial score (nSPS) is 22.1. The fourth-order valence-corrected chi connectivity index (χ4v) is 6.97. The number of rotatable bonds is 6. The van der Waals surface area contributed by atoms with E-state index in [1.54, 1.807) is 49.4 Å². The summed E-state index contributed by atoms with van der Waals surface area (Å²) in [6, 6.07) is 17.5. The van der Waals surface area contributed by atoms with Gasteiger partial charge < -0.3 is 14.6 Å². The topological polar surface area (TPSA) is 136 Å². The first-order valence-corrected chi connectivity index (χ1v) is 13.8. The van der Waals surface area contributed by atoms with E-state index >= 15 is 0 Å². The molecule has 3 aromatic carbocycles. The standard InChI is InChI=1S/C28H26N2O8S/c1-3-37-27(31)24-16-21-19-8-4-6-10-22(19)29(39(35,36)18-14-12-17(2)13-15-18)26(25(21)28(32)38-24)20-9-5-7-11-23(20)30(33)34/h4-16,21,25-26,28,32H,3H2,1-2H3/t21-,25+,26-,28+/m1/s1. The van der Waals surface area contributed by atoms with E-state index in [1.807, 2.05) is 6.92 Å². The molecule has 4 atom stereocenters. The van der Waals surface area contributed by atoms with Crippen LogP contribution in [0.5, 0.6) is 0 Å². The van der Waals surface area contributed by atoms with Crippen molar-refractivity contribution in [3.05, 3.63) is 111 Å². The molecular formula is C28H26N2O8S. The van der Waals surface area contributed by atoms with E-state index in [0.29, 0.717) is 5.56 Å². The summed E-state index contributed by atoms with van der Waals surface area (Å²) < 4.78 is 40.4. The molecule has 5 rings (SSSR count). The number of carbonyl (C=O) groups excluding carboxylic acids is 1. The van der Waals surface area contributed by atoms with Crippen LogP contribution in [0.2, 0.25) is 0 Å². The lowest BCUT2D eigenvalue weighted by molar-refractivity contribution is -0.385. The Morgan fingerprint density at radius 1 is 1.05 bits per heavy atom. The minimum atomic E-state index is -4.31. The van der Waals surface area contributed by atoms with E-state index in [2.05, 4.69) is 0 Å². The van der Waals surface area contributed by atoms with Crippen LogP contribution in [0, 0.1) is 23.0 Å². The lowest BCUT2D eigenvalue weighted by Crippen LogP contribution is -2.50. The molecule has 3 aromatic rings. The number of anilines is 1. The van der Waals surface area contributed by atoms with E-state index in [4.69, 9.17) is 9.47 Å². The second kappa shape index (κ2) is 10.2. The van der Waals surface area contributed by atoms with Crippen LogP contribution in [0.15, 0.2) is 89.5 Å². The fraction of sp³-hybridized carbons (Fsp3) is 0.250. The van der Waals surface area contributed by atoms with Crippen molar-refractivity contribution in [2.24, 2.45) is 5.92 Å². The number of sulfonamides is 1. The summed E-state index contributed by atoms with van der Waals surface area (Å²) in [6.45, 7) is 3.55. The fourth-order valence-electron chi connectivity index (χ4n) is 5.28. The third-order valence-corrected chi connectivity index (χ3v) is 8.79. The van der Waals surface area contributed by atoms with Crippen LogP contribution in [0.25, 0.3) is 0 Å². The maximum atomic E-state index is 14.3. The predicted octanol–water partition coefficient (Wildman–Crippen LogP) is 4.35. The number of nitro benzene ring substituents is 1. The molecule has 0 radical (unpaired) electrons. The Labute approximate surface area is 225 Å². The minimum absolute atomic E-state index is 0.0149. The highest BCUT2D eigenvalue weighted by molar-refractivity contribution is 7.92. The van der Waals surface area contributed by atoms with Gasteiger partial charge in [0.1, 0.15) is 0 Å². The van der Waals surface area contributed by atoms with Gasteiger partial charge in [0.15, 0.2) is 0 Å². The lowest BCUT2D eigenvalue weighted by Gasteiger charge is -2.48. The van der Waals surface area contributed by atoms with Gasteiger partial charge in [-0.15, -0.1) is 0 Å². The molecule has 2 aliphatic heterocycles. The maximum Gasteiger partial charge on any atom is 0.373 e. The van der Waals surface area contributed by atoms with Crippen molar-refractivity contribution in [1.82, 2.24) is 0 Å². The molecule has 0 spiro atoms. The van der Waals surface area contributed by atoms with Crippen LogP contribution < -0.4 is 4.31 Å². The number of aliphatic hydroxyl groups excluding tert-OH is 1. The number of benzene rings is 3. The number of nitro groups is 1. The zero-order valence-electron chi connectivity index (χ0n) is 21.1. The van der Waals surface area contributed by atoms with Gasteiger partial charge in [-0.2, -0.15) is 0 Å². The Kier molecular flexibility index (Phi) is 6.87. The lowest BCUT2D eigenvalue weighted by atomic mass is 9.73. The summed E-state index contributed by atoms with van der Waals surface area (Å²) >= 11 is 0. The van der Waals surface area contributed by atoms with E-state index in [1.165, 1.54) is 36.4 Å². The molecule has 11 heteroatoms. The molecule has 0 saturated carbocycles. The quantitative estimate of drug-likeness (QED) is 0.272. The number of hydrogen-bond acceptors (Lipinski definition) is 8. The van der Waals surface area contributed by atoms with Crippen molar-refractivity contribution in [2.75, 3.05) is 10.9 Å². The molecule has 0 amide bonds. The average Bonchev–Trinajstić information content (AvgIpc) is 2.92. The number of carbonyl (C=O) groups is 1. The summed E-state index contributed by atoms with van der Waals surface area (Å²) in [5.74, 6) is -2.75. The number of fused-ring (bicyclic) bond motifs is 3. The number of esters is 1. The van der Waals surface area contributed by atoms with Crippen molar-refractivity contribution >= 4 is 27.4 Å². The SMILES string of the molecule is CCOC(=O)C1=C[C@@H]2c3ccccc3N(S(=O)(=O)c3ccc(C)cc3)[C@H](c3ccccc3[N+](=O)[O-])[C@H]2[C@@H](O)O1. The number of para-hydroxylation sites is 2. The number of hydrogen-bond donors (Lipinski definition) is 1. The van der Waals surface area contributed by atoms with Crippen molar-refractivity contribution in [2.45, 2.75) is 37.0 Å². The summed E-state index contributed by atoms with van der Waals surface area (Å²) in [5, 5.41) is 23.4. The minimum Gasteiger partial charge on any atom is -0.460 e. The molecule has 2 heterocycles. The smallest absolute Gasteiger partial charge is 0.373 e. The molecule has 0 fully saturated rings. The van der Waals surface area contributed by atoms with Gasteiger partial charge >= 0.3 is 5.97 Å². The number of allylic oxidation sites excluding steroid dienone is 1. The number of aliphatic hydroxyl groups is 1.